The molecule has 0 atom stereocenters. The third-order valence-electron chi connectivity index (χ3n) is 5.52. The van der Waals surface area contributed by atoms with Gasteiger partial charge in [0.15, 0.2) is 6.29 Å². The Bertz CT molecular complexity index is 415. The van der Waals surface area contributed by atoms with Crippen LogP contribution in [0.1, 0.15) is 63.7 Å². The molecule has 3 rings (SSSR count). The highest BCUT2D eigenvalue weighted by Gasteiger charge is 2.32. The molecule has 0 spiro atoms. The molecule has 1 saturated heterocycles. The minimum Gasteiger partial charge on any atom is -0.348 e. The van der Waals surface area contributed by atoms with Gasteiger partial charge in [-0.15, -0.1) is 0 Å². The molecule has 1 aliphatic heterocycles. The second kappa shape index (κ2) is 8.12. The Labute approximate surface area is 135 Å². The molecule has 1 saturated carbocycles. The lowest BCUT2D eigenvalue weighted by atomic mass is 9.75. The molecule has 2 aliphatic rings. The van der Waals surface area contributed by atoms with E-state index in [0.717, 1.165) is 30.6 Å². The second-order valence-electron chi connectivity index (χ2n) is 7.09. The minimum absolute atomic E-state index is 0.154. The number of hydrogen-bond donors (Lipinski definition) is 0. The van der Waals surface area contributed by atoms with E-state index in [9.17, 15) is 0 Å². The average molecular weight is 302 g/mol. The summed E-state index contributed by atoms with van der Waals surface area (Å²) in [5, 5.41) is 0. The van der Waals surface area contributed by atoms with Crippen molar-refractivity contribution in [3.63, 3.8) is 0 Å². The number of ether oxygens (including phenoxy) is 2. The zero-order chi connectivity index (χ0) is 15.2. The van der Waals surface area contributed by atoms with E-state index in [1.54, 1.807) is 0 Å². The third kappa shape index (κ3) is 4.11. The highest BCUT2D eigenvalue weighted by molar-refractivity contribution is 5.16. The van der Waals surface area contributed by atoms with Gasteiger partial charge in [-0.1, -0.05) is 69.4 Å². The minimum atomic E-state index is -0.154. The van der Waals surface area contributed by atoms with E-state index in [2.05, 4.69) is 19.1 Å². The predicted octanol–water partition coefficient (Wildman–Crippen LogP) is 5.34. The van der Waals surface area contributed by atoms with Crippen LogP contribution in [0.15, 0.2) is 30.3 Å². The zero-order valence-corrected chi connectivity index (χ0v) is 13.9. The monoisotopic (exact) mass is 302 g/mol. The van der Waals surface area contributed by atoms with Crippen LogP contribution in [0.4, 0.5) is 0 Å². The largest absolute Gasteiger partial charge is 0.348 e. The molecule has 22 heavy (non-hydrogen) atoms. The normalized spacial score (nSPS) is 32.8. The summed E-state index contributed by atoms with van der Waals surface area (Å²) in [5.41, 5.74) is 1.14. The van der Waals surface area contributed by atoms with Crippen LogP contribution in [0, 0.1) is 17.8 Å². The van der Waals surface area contributed by atoms with Crippen LogP contribution in [0.25, 0.3) is 0 Å². The van der Waals surface area contributed by atoms with Gasteiger partial charge >= 0.3 is 0 Å². The summed E-state index contributed by atoms with van der Waals surface area (Å²) in [6.07, 6.45) is 9.63. The Morgan fingerprint density at radius 3 is 2.23 bits per heavy atom. The van der Waals surface area contributed by atoms with Gasteiger partial charge in [-0.2, -0.15) is 0 Å². The molecule has 0 radical (unpaired) electrons. The van der Waals surface area contributed by atoms with Crippen LogP contribution in [-0.4, -0.2) is 13.2 Å². The molecule has 1 heterocycles. The number of unbranched alkanes of at least 4 members (excludes halogenated alkanes) is 1. The van der Waals surface area contributed by atoms with E-state index in [-0.39, 0.29) is 6.29 Å². The summed E-state index contributed by atoms with van der Waals surface area (Å²) in [6.45, 7) is 4.03. The molecular weight excluding hydrogens is 272 g/mol. The summed E-state index contributed by atoms with van der Waals surface area (Å²) in [5.74, 6) is 2.40. The molecule has 2 fully saturated rings. The van der Waals surface area contributed by atoms with Crippen LogP contribution in [0.2, 0.25) is 0 Å². The average Bonchev–Trinajstić information content (AvgIpc) is 2.61. The fourth-order valence-corrected chi connectivity index (χ4v) is 4.03. The van der Waals surface area contributed by atoms with Crippen molar-refractivity contribution >= 4 is 0 Å². The van der Waals surface area contributed by atoms with Crippen LogP contribution in [0.3, 0.4) is 0 Å². The molecule has 122 valence electrons. The molecule has 2 heteroatoms. The number of benzene rings is 1. The van der Waals surface area contributed by atoms with Crippen molar-refractivity contribution < 1.29 is 9.47 Å². The van der Waals surface area contributed by atoms with Gasteiger partial charge < -0.3 is 9.47 Å². The van der Waals surface area contributed by atoms with E-state index >= 15 is 0 Å². The summed E-state index contributed by atoms with van der Waals surface area (Å²) >= 11 is 0. The highest BCUT2D eigenvalue weighted by Crippen LogP contribution is 2.38. The van der Waals surface area contributed by atoms with Gasteiger partial charge in [0.1, 0.15) is 0 Å². The van der Waals surface area contributed by atoms with Crippen molar-refractivity contribution in [2.45, 2.75) is 58.2 Å². The lowest BCUT2D eigenvalue weighted by molar-refractivity contribution is -0.214. The van der Waals surface area contributed by atoms with E-state index in [4.69, 9.17) is 9.47 Å². The first-order chi connectivity index (χ1) is 10.9. The Hall–Kier alpha value is -0.860. The van der Waals surface area contributed by atoms with Gasteiger partial charge in [-0.25, -0.2) is 0 Å². The van der Waals surface area contributed by atoms with Gasteiger partial charge in [-0.3, -0.25) is 0 Å². The van der Waals surface area contributed by atoms with Crippen molar-refractivity contribution in [1.82, 2.24) is 0 Å². The Morgan fingerprint density at radius 1 is 0.909 bits per heavy atom. The fraction of sp³-hybridized carbons (Fsp3) is 0.700. The van der Waals surface area contributed by atoms with E-state index in [1.807, 2.05) is 18.2 Å². The molecule has 0 bridgehead atoms. The summed E-state index contributed by atoms with van der Waals surface area (Å²) in [6, 6.07) is 10.3. The molecule has 1 aromatic carbocycles. The third-order valence-corrected chi connectivity index (χ3v) is 5.52. The van der Waals surface area contributed by atoms with E-state index in [1.165, 1.54) is 44.9 Å². The Kier molecular flexibility index (Phi) is 5.91. The molecule has 1 aromatic rings. The van der Waals surface area contributed by atoms with Crippen LogP contribution in [-0.2, 0) is 9.47 Å². The van der Waals surface area contributed by atoms with Crippen molar-refractivity contribution in [3.8, 4) is 0 Å². The maximum atomic E-state index is 6.00. The van der Waals surface area contributed by atoms with Crippen molar-refractivity contribution in [3.05, 3.63) is 35.9 Å². The molecule has 2 nitrogen and oxygen atoms in total. The molecular formula is C20H30O2. The molecule has 1 aliphatic carbocycles. The van der Waals surface area contributed by atoms with Gasteiger partial charge in [-0.05, 0) is 24.7 Å². The van der Waals surface area contributed by atoms with Crippen LogP contribution >= 0.6 is 0 Å². The fourth-order valence-electron chi connectivity index (χ4n) is 4.03. The van der Waals surface area contributed by atoms with Gasteiger partial charge in [0, 0.05) is 11.5 Å². The summed E-state index contributed by atoms with van der Waals surface area (Å²) in [4.78, 5) is 0. The highest BCUT2D eigenvalue weighted by atomic mass is 16.7. The number of rotatable bonds is 5. The quantitative estimate of drug-likeness (QED) is 0.730. The topological polar surface area (TPSA) is 18.5 Å². The van der Waals surface area contributed by atoms with E-state index in [0.29, 0.717) is 5.92 Å². The first-order valence-electron chi connectivity index (χ1n) is 9.15. The summed E-state index contributed by atoms with van der Waals surface area (Å²) < 4.78 is 12.0. The Morgan fingerprint density at radius 2 is 1.59 bits per heavy atom. The van der Waals surface area contributed by atoms with E-state index < -0.39 is 0 Å². The van der Waals surface area contributed by atoms with Crippen LogP contribution < -0.4 is 0 Å². The molecule has 0 N–H and O–H groups in total. The van der Waals surface area contributed by atoms with Crippen molar-refractivity contribution in [1.29, 1.82) is 0 Å². The standard InChI is InChI=1S/C20H30O2/c1-2-3-7-16-10-12-17(13-11-16)19-14-21-20(22-15-19)18-8-5-4-6-9-18/h4-6,8-9,16-17,19-20H,2-3,7,10-15H2,1H3. The van der Waals surface area contributed by atoms with Gasteiger partial charge in [0.25, 0.3) is 0 Å². The Balaban J connectivity index is 1.43. The molecule has 0 unspecified atom stereocenters. The maximum Gasteiger partial charge on any atom is 0.183 e. The number of hydrogen-bond acceptors (Lipinski definition) is 2. The van der Waals surface area contributed by atoms with Gasteiger partial charge in [0.05, 0.1) is 13.2 Å². The first kappa shape index (κ1) is 16.0. The second-order valence-corrected chi connectivity index (χ2v) is 7.09. The van der Waals surface area contributed by atoms with Crippen molar-refractivity contribution in [2.24, 2.45) is 17.8 Å². The molecule has 0 amide bonds. The smallest absolute Gasteiger partial charge is 0.183 e. The van der Waals surface area contributed by atoms with Crippen molar-refractivity contribution in [2.75, 3.05) is 13.2 Å². The lowest BCUT2D eigenvalue weighted by Gasteiger charge is -2.37. The first-order valence-corrected chi connectivity index (χ1v) is 9.15. The molecule has 0 aromatic heterocycles. The maximum absolute atomic E-state index is 6.00. The SMILES string of the molecule is CCCCC1CCC(C2COC(c3ccccc3)OC2)CC1. The van der Waals surface area contributed by atoms with Gasteiger partial charge in [0.2, 0.25) is 0 Å². The lowest BCUT2D eigenvalue weighted by Crippen LogP contribution is -2.34. The predicted molar refractivity (Wildman–Crippen MR) is 89.6 cm³/mol. The van der Waals surface area contributed by atoms with Crippen LogP contribution in [0.5, 0.6) is 0 Å². The summed E-state index contributed by atoms with van der Waals surface area (Å²) in [7, 11) is 0. The zero-order valence-electron chi connectivity index (χ0n) is 13.9.